The highest BCUT2D eigenvalue weighted by atomic mass is 14.3. The molecule has 0 saturated carbocycles. The number of fused-ring (bicyclic) bond motifs is 10. The van der Waals surface area contributed by atoms with Crippen molar-refractivity contribution in [3.05, 3.63) is 206 Å². The van der Waals surface area contributed by atoms with Gasteiger partial charge in [0.05, 0.1) is 0 Å². The molecule has 0 nitrogen and oxygen atoms in total. The first kappa shape index (κ1) is 32.2. The average Bonchev–Trinajstić information content (AvgIpc) is 3.95. The van der Waals surface area contributed by atoms with Crippen molar-refractivity contribution in [1.29, 1.82) is 0 Å². The molecule has 60 heavy (non-hydrogen) atoms. The molecule has 0 bridgehead atoms. The second kappa shape index (κ2) is 11.9. The van der Waals surface area contributed by atoms with Gasteiger partial charge in [-0.15, -0.1) is 0 Å². The van der Waals surface area contributed by atoms with Gasteiger partial charge in [0, 0.05) is 0 Å². The van der Waals surface area contributed by atoms with E-state index in [1.165, 1.54) is 142 Å². The smallest absolute Gasteiger partial charge is 0.000115 e. The minimum Gasteiger partial charge on any atom is -0.0622 e. The largest absolute Gasteiger partial charge is 0.0622 e. The van der Waals surface area contributed by atoms with Crippen molar-refractivity contribution in [2.24, 2.45) is 0 Å². The van der Waals surface area contributed by atoms with Crippen LogP contribution < -0.4 is 0 Å². The molecule has 0 heteroatoms. The molecule has 0 aromatic heterocycles. The Morgan fingerprint density at radius 1 is 0.183 bits per heavy atom. The molecule has 0 aliphatic heterocycles. The molecule has 1 aliphatic rings. The van der Waals surface area contributed by atoms with Crippen LogP contribution in [0.5, 0.6) is 0 Å². The van der Waals surface area contributed by atoms with Crippen molar-refractivity contribution in [2.45, 2.75) is 0 Å². The Kier molecular flexibility index (Phi) is 6.38. The van der Waals surface area contributed by atoms with Crippen LogP contribution in [0.2, 0.25) is 0 Å². The molecule has 0 fully saturated rings. The summed E-state index contributed by atoms with van der Waals surface area (Å²) in [6.45, 7) is 0. The van der Waals surface area contributed by atoms with Crippen LogP contribution in [-0.2, 0) is 0 Å². The summed E-state index contributed by atoms with van der Waals surface area (Å²) in [7, 11) is 0. The standard InChI is InChI=1S/C60H34/c1-3-15-35(16-4-1)39-21-7-10-24-45(39)56-52-34-38(40-31-32-48-43-23-9-8-22-42(43)46-27-14-26-44(40)54(46)48)33-51-47-28-13-25-41(36-17-5-2-6-18-36)55(47)60(57(51)52)59-50-30-12-20-37-19-11-29-49(53(37)50)58(56)59/h1-34H. The van der Waals surface area contributed by atoms with Crippen molar-refractivity contribution in [1.82, 2.24) is 0 Å². The molecule has 14 rings (SSSR count). The van der Waals surface area contributed by atoms with Gasteiger partial charge in [0.1, 0.15) is 0 Å². The van der Waals surface area contributed by atoms with Crippen molar-refractivity contribution >= 4 is 75.4 Å². The summed E-state index contributed by atoms with van der Waals surface area (Å²) >= 11 is 0. The van der Waals surface area contributed by atoms with E-state index in [1.54, 1.807) is 0 Å². The summed E-state index contributed by atoms with van der Waals surface area (Å²) in [6, 6.07) is 77.4. The van der Waals surface area contributed by atoms with Crippen LogP contribution in [0, 0.1) is 0 Å². The van der Waals surface area contributed by atoms with Crippen molar-refractivity contribution in [2.75, 3.05) is 0 Å². The van der Waals surface area contributed by atoms with Crippen LogP contribution in [0.1, 0.15) is 0 Å². The van der Waals surface area contributed by atoms with Gasteiger partial charge in [-0.3, -0.25) is 0 Å². The Labute approximate surface area is 346 Å². The van der Waals surface area contributed by atoms with Gasteiger partial charge in [-0.25, -0.2) is 0 Å². The van der Waals surface area contributed by atoms with Crippen molar-refractivity contribution in [3.8, 4) is 66.8 Å². The lowest BCUT2D eigenvalue weighted by atomic mass is 9.85. The van der Waals surface area contributed by atoms with E-state index in [0.29, 0.717) is 0 Å². The van der Waals surface area contributed by atoms with Crippen molar-refractivity contribution in [3.63, 3.8) is 0 Å². The van der Waals surface area contributed by atoms with E-state index in [-0.39, 0.29) is 0 Å². The van der Waals surface area contributed by atoms with Crippen LogP contribution in [-0.4, -0.2) is 0 Å². The average molecular weight is 755 g/mol. The highest BCUT2D eigenvalue weighted by Crippen LogP contribution is 2.57. The lowest BCUT2D eigenvalue weighted by Crippen LogP contribution is -1.90. The second-order valence-electron chi connectivity index (χ2n) is 16.6. The summed E-state index contributed by atoms with van der Waals surface area (Å²) < 4.78 is 0. The lowest BCUT2D eigenvalue weighted by molar-refractivity contribution is 1.61. The minimum atomic E-state index is 1.22. The molecule has 0 radical (unpaired) electrons. The minimum absolute atomic E-state index is 1.22. The third-order valence-corrected chi connectivity index (χ3v) is 13.7. The molecule has 0 atom stereocenters. The molecular formula is C60H34. The first-order valence-electron chi connectivity index (χ1n) is 21.0. The monoisotopic (exact) mass is 754 g/mol. The Morgan fingerprint density at radius 3 is 1.43 bits per heavy atom. The molecule has 1 aliphatic carbocycles. The topological polar surface area (TPSA) is 0 Å². The fraction of sp³-hybridized carbons (Fsp3) is 0. The maximum Gasteiger partial charge on any atom is -0.000115 e. The summed E-state index contributed by atoms with van der Waals surface area (Å²) in [5, 5.41) is 18.6. The van der Waals surface area contributed by atoms with Gasteiger partial charge in [0.15, 0.2) is 0 Å². The van der Waals surface area contributed by atoms with Gasteiger partial charge >= 0.3 is 0 Å². The zero-order chi connectivity index (χ0) is 39.1. The Balaban J connectivity index is 1.24. The van der Waals surface area contributed by atoms with E-state index in [1.807, 2.05) is 0 Å². The molecule has 0 N–H and O–H groups in total. The molecule has 0 saturated heterocycles. The molecule has 0 unspecified atom stereocenters. The highest BCUT2D eigenvalue weighted by Gasteiger charge is 2.29. The first-order chi connectivity index (χ1) is 29.8. The molecule has 13 aromatic carbocycles. The zero-order valence-corrected chi connectivity index (χ0v) is 32.6. The fourth-order valence-electron chi connectivity index (χ4n) is 11.3. The number of rotatable bonds is 4. The zero-order valence-electron chi connectivity index (χ0n) is 32.6. The van der Waals surface area contributed by atoms with E-state index in [0.717, 1.165) is 0 Å². The van der Waals surface area contributed by atoms with E-state index >= 15 is 0 Å². The summed E-state index contributed by atoms with van der Waals surface area (Å²) in [6.07, 6.45) is 0. The third-order valence-electron chi connectivity index (χ3n) is 13.7. The van der Waals surface area contributed by atoms with Crippen molar-refractivity contribution < 1.29 is 0 Å². The highest BCUT2D eigenvalue weighted by molar-refractivity contribution is 6.49. The van der Waals surface area contributed by atoms with Gasteiger partial charge in [-0.1, -0.05) is 194 Å². The molecule has 0 amide bonds. The van der Waals surface area contributed by atoms with E-state index < -0.39 is 0 Å². The predicted octanol–water partition coefficient (Wildman–Crippen LogP) is 16.9. The third kappa shape index (κ3) is 4.15. The van der Waals surface area contributed by atoms with Gasteiger partial charge in [0.25, 0.3) is 0 Å². The summed E-state index contributed by atoms with van der Waals surface area (Å²) in [4.78, 5) is 0. The second-order valence-corrected chi connectivity index (χ2v) is 16.6. The Hall–Kier alpha value is -7.80. The van der Waals surface area contributed by atoms with Gasteiger partial charge in [0.2, 0.25) is 0 Å². The summed E-state index contributed by atoms with van der Waals surface area (Å²) in [5.41, 5.74) is 15.4. The van der Waals surface area contributed by atoms with E-state index in [4.69, 9.17) is 0 Å². The van der Waals surface area contributed by atoms with Crippen LogP contribution >= 0.6 is 0 Å². The number of hydrogen-bond donors (Lipinski definition) is 0. The molecular weight excluding hydrogens is 721 g/mol. The molecule has 0 spiro atoms. The maximum absolute atomic E-state index is 2.54. The number of hydrogen-bond acceptors (Lipinski definition) is 0. The quantitative estimate of drug-likeness (QED) is 0.168. The number of benzene rings is 11. The normalized spacial score (nSPS) is 12.3. The van der Waals surface area contributed by atoms with Crippen LogP contribution in [0.15, 0.2) is 206 Å². The van der Waals surface area contributed by atoms with Crippen LogP contribution in [0.4, 0.5) is 0 Å². The fourth-order valence-corrected chi connectivity index (χ4v) is 11.3. The molecule has 0 heterocycles. The van der Waals surface area contributed by atoms with E-state index in [2.05, 4.69) is 206 Å². The SMILES string of the molecule is c1ccc(-c2ccccc2-c2c3cc(-c4ccc5c6c(cccc46)-c4ccccc4-5)cc4c5cccc(-c6ccccc6)c5c(c34)c3c4cccc5cccc(c23)c54)cc1. The molecule has 274 valence electrons. The first-order valence-corrected chi connectivity index (χ1v) is 21.0. The maximum atomic E-state index is 2.54. The van der Waals surface area contributed by atoms with Gasteiger partial charge in [-0.05, 0) is 154 Å². The van der Waals surface area contributed by atoms with E-state index in [9.17, 15) is 0 Å². The van der Waals surface area contributed by atoms with Crippen LogP contribution in [0.3, 0.4) is 0 Å². The Bertz CT molecular complexity index is 3870. The lowest BCUT2D eigenvalue weighted by Gasteiger charge is -2.18. The van der Waals surface area contributed by atoms with Gasteiger partial charge in [-0.2, -0.15) is 0 Å². The summed E-state index contributed by atoms with van der Waals surface area (Å²) in [5.74, 6) is 0. The predicted molar refractivity (Wildman–Crippen MR) is 258 cm³/mol. The Morgan fingerprint density at radius 2 is 0.700 bits per heavy atom. The molecule has 13 aromatic rings. The van der Waals surface area contributed by atoms with Gasteiger partial charge < -0.3 is 0 Å². The van der Waals surface area contributed by atoms with Crippen LogP contribution in [0.25, 0.3) is 142 Å².